The van der Waals surface area contributed by atoms with Crippen molar-refractivity contribution in [2.24, 2.45) is 0 Å². The van der Waals surface area contributed by atoms with E-state index in [9.17, 15) is 8.42 Å². The topological polar surface area (TPSA) is 67.4 Å². The molecule has 1 heterocycles. The van der Waals surface area contributed by atoms with Crippen LogP contribution in [0.15, 0.2) is 0 Å². The molecule has 0 amide bonds. The fraction of sp³-hybridized carbons (Fsp3) is 1.00. The van der Waals surface area contributed by atoms with Crippen molar-refractivity contribution < 1.29 is 13.2 Å². The maximum atomic E-state index is 11.6. The molecule has 16 heavy (non-hydrogen) atoms. The lowest BCUT2D eigenvalue weighted by molar-refractivity contribution is 0.136. The van der Waals surface area contributed by atoms with E-state index in [1.165, 1.54) is 13.5 Å². The van der Waals surface area contributed by atoms with Crippen LogP contribution >= 0.6 is 0 Å². The molecule has 1 unspecified atom stereocenters. The highest BCUT2D eigenvalue weighted by Crippen LogP contribution is 2.07. The van der Waals surface area contributed by atoms with Crippen molar-refractivity contribution in [2.75, 3.05) is 26.0 Å². The molecule has 96 valence electrons. The molecule has 0 radical (unpaired) electrons. The van der Waals surface area contributed by atoms with Crippen molar-refractivity contribution in [3.63, 3.8) is 0 Å². The Morgan fingerprint density at radius 3 is 2.88 bits per heavy atom. The number of hydrogen-bond donors (Lipinski definition) is 2. The molecule has 0 aromatic heterocycles. The van der Waals surface area contributed by atoms with Gasteiger partial charge in [-0.05, 0) is 32.7 Å². The minimum Gasteiger partial charge on any atom is -0.381 e. The summed E-state index contributed by atoms with van der Waals surface area (Å²) in [6.45, 7) is 3.31. The molecular formula is C10H22N2O3S. The normalized spacial score (nSPS) is 23.5. The summed E-state index contributed by atoms with van der Waals surface area (Å²) in [4.78, 5) is 0. The van der Waals surface area contributed by atoms with Crippen LogP contribution in [0.1, 0.15) is 26.2 Å². The molecule has 0 spiro atoms. The van der Waals surface area contributed by atoms with Crippen LogP contribution in [0.5, 0.6) is 0 Å². The van der Waals surface area contributed by atoms with E-state index in [2.05, 4.69) is 10.0 Å². The first kappa shape index (κ1) is 13.9. The van der Waals surface area contributed by atoms with Crippen LogP contribution in [-0.4, -0.2) is 46.5 Å². The van der Waals surface area contributed by atoms with Crippen molar-refractivity contribution in [2.45, 2.75) is 38.3 Å². The average molecular weight is 250 g/mol. The van der Waals surface area contributed by atoms with Crippen molar-refractivity contribution in [3.05, 3.63) is 0 Å². The van der Waals surface area contributed by atoms with Crippen LogP contribution in [-0.2, 0) is 14.8 Å². The third-order valence-electron chi connectivity index (χ3n) is 2.83. The maximum absolute atomic E-state index is 11.6. The van der Waals surface area contributed by atoms with Gasteiger partial charge in [-0.2, -0.15) is 0 Å². The van der Waals surface area contributed by atoms with E-state index in [4.69, 9.17) is 4.74 Å². The summed E-state index contributed by atoms with van der Waals surface area (Å²) in [5, 5.41) is 3.34. The highest BCUT2D eigenvalue weighted by Gasteiger charge is 2.17. The molecule has 0 saturated carbocycles. The van der Waals surface area contributed by atoms with Crippen LogP contribution in [0.3, 0.4) is 0 Å². The summed E-state index contributed by atoms with van der Waals surface area (Å²) in [7, 11) is -1.67. The number of rotatable bonds is 7. The van der Waals surface area contributed by atoms with Crippen molar-refractivity contribution in [1.29, 1.82) is 0 Å². The van der Waals surface area contributed by atoms with Gasteiger partial charge in [0.25, 0.3) is 0 Å². The Bertz CT molecular complexity index is 286. The average Bonchev–Trinajstić information content (AvgIpc) is 2.69. The summed E-state index contributed by atoms with van der Waals surface area (Å²) < 4.78 is 30.7. The number of nitrogens with one attached hydrogen (secondary N) is 2. The van der Waals surface area contributed by atoms with Crippen molar-refractivity contribution in [3.8, 4) is 0 Å². The minimum absolute atomic E-state index is 0.0294. The Balaban J connectivity index is 2.19. The second kappa shape index (κ2) is 6.54. The molecule has 1 rings (SSSR count). The largest absolute Gasteiger partial charge is 0.381 e. The predicted molar refractivity (Wildman–Crippen MR) is 63.9 cm³/mol. The van der Waals surface area contributed by atoms with E-state index in [1.54, 1.807) is 6.92 Å². The molecule has 1 saturated heterocycles. The molecule has 2 N–H and O–H groups in total. The maximum Gasteiger partial charge on any atom is 0.214 e. The van der Waals surface area contributed by atoms with Gasteiger partial charge in [0.2, 0.25) is 10.0 Å². The zero-order valence-electron chi connectivity index (χ0n) is 10.0. The molecule has 0 aliphatic carbocycles. The van der Waals surface area contributed by atoms with Gasteiger partial charge in [0.1, 0.15) is 0 Å². The van der Waals surface area contributed by atoms with E-state index in [0.29, 0.717) is 12.6 Å². The first-order chi connectivity index (χ1) is 7.53. The molecule has 1 aliphatic rings. The first-order valence-electron chi connectivity index (χ1n) is 5.77. The lowest BCUT2D eigenvalue weighted by atomic mass is 10.2. The van der Waals surface area contributed by atoms with Gasteiger partial charge in [-0.25, -0.2) is 13.1 Å². The van der Waals surface area contributed by atoms with Crippen LogP contribution in [0.2, 0.25) is 0 Å². The zero-order chi connectivity index (χ0) is 12.0. The Kier molecular flexibility index (Phi) is 5.68. The third-order valence-corrected chi connectivity index (χ3v) is 4.39. The highest BCUT2D eigenvalue weighted by atomic mass is 32.2. The van der Waals surface area contributed by atoms with Crippen LogP contribution in [0.25, 0.3) is 0 Å². The molecule has 1 aliphatic heterocycles. The van der Waals surface area contributed by atoms with Gasteiger partial charge in [-0.3, -0.25) is 0 Å². The van der Waals surface area contributed by atoms with Crippen LogP contribution < -0.4 is 10.0 Å². The number of sulfonamides is 1. The van der Waals surface area contributed by atoms with Crippen molar-refractivity contribution >= 4 is 10.0 Å². The molecule has 6 heteroatoms. The minimum atomic E-state index is -3.19. The van der Waals surface area contributed by atoms with E-state index in [-0.39, 0.29) is 11.9 Å². The molecule has 2 atom stereocenters. The Morgan fingerprint density at radius 2 is 2.31 bits per heavy atom. The van der Waals surface area contributed by atoms with Gasteiger partial charge in [0.15, 0.2) is 0 Å². The predicted octanol–water partition coefficient (Wildman–Crippen LogP) is 0.0828. The fourth-order valence-corrected chi connectivity index (χ4v) is 3.13. The van der Waals surface area contributed by atoms with Crippen molar-refractivity contribution in [1.82, 2.24) is 10.0 Å². The van der Waals surface area contributed by atoms with Gasteiger partial charge >= 0.3 is 0 Å². The number of methoxy groups -OCH3 is 1. The Hall–Kier alpha value is -0.170. The molecule has 0 bridgehead atoms. The molecule has 0 aromatic carbocycles. The monoisotopic (exact) mass is 250 g/mol. The first-order valence-corrected chi connectivity index (χ1v) is 7.42. The van der Waals surface area contributed by atoms with Gasteiger partial charge in [-0.1, -0.05) is 0 Å². The van der Waals surface area contributed by atoms with Gasteiger partial charge in [0, 0.05) is 19.7 Å². The molecular weight excluding hydrogens is 228 g/mol. The van der Waals surface area contributed by atoms with E-state index < -0.39 is 10.0 Å². The third kappa shape index (κ3) is 5.25. The summed E-state index contributed by atoms with van der Waals surface area (Å²) >= 11 is 0. The van der Waals surface area contributed by atoms with Crippen LogP contribution in [0, 0.1) is 0 Å². The smallest absolute Gasteiger partial charge is 0.214 e. The second-order valence-electron chi connectivity index (χ2n) is 4.30. The fourth-order valence-electron chi connectivity index (χ4n) is 1.83. The van der Waals surface area contributed by atoms with E-state index in [1.807, 2.05) is 0 Å². The highest BCUT2D eigenvalue weighted by molar-refractivity contribution is 7.89. The Labute approximate surface area is 98.0 Å². The van der Waals surface area contributed by atoms with Gasteiger partial charge in [-0.15, -0.1) is 0 Å². The summed E-state index contributed by atoms with van der Waals surface area (Å²) in [6.07, 6.45) is 2.94. The summed E-state index contributed by atoms with van der Waals surface area (Å²) in [6, 6.07) is 0.475. The lowest BCUT2D eigenvalue weighted by Gasteiger charge is -2.13. The Morgan fingerprint density at radius 1 is 1.56 bits per heavy atom. The second-order valence-corrected chi connectivity index (χ2v) is 6.16. The SMILES string of the molecule is COC(C)CS(=O)(=O)NCC[C@H]1CCCN1. The quantitative estimate of drug-likeness (QED) is 0.671. The molecule has 5 nitrogen and oxygen atoms in total. The number of hydrogen-bond acceptors (Lipinski definition) is 4. The van der Waals surface area contributed by atoms with Crippen LogP contribution in [0.4, 0.5) is 0 Å². The summed E-state index contributed by atoms with van der Waals surface area (Å²) in [5.41, 5.74) is 0. The molecule has 1 fully saturated rings. The number of ether oxygens (including phenoxy) is 1. The van der Waals surface area contributed by atoms with E-state index >= 15 is 0 Å². The summed E-state index contributed by atoms with van der Waals surface area (Å²) in [5.74, 6) is 0.0294. The molecule has 0 aromatic rings. The van der Waals surface area contributed by atoms with Gasteiger partial charge in [0.05, 0.1) is 11.9 Å². The lowest BCUT2D eigenvalue weighted by Crippen LogP contribution is -2.35. The standard InChI is InChI=1S/C10H22N2O3S/c1-9(15-2)8-16(13,14)12-7-5-10-4-3-6-11-10/h9-12H,3-8H2,1-2H3/t9?,10-/m1/s1. The van der Waals surface area contributed by atoms with Gasteiger partial charge < -0.3 is 10.1 Å². The zero-order valence-corrected chi connectivity index (χ0v) is 10.8. The van der Waals surface area contributed by atoms with E-state index in [0.717, 1.165) is 19.4 Å².